The van der Waals surface area contributed by atoms with Crippen LogP contribution in [0.1, 0.15) is 6.92 Å². The van der Waals surface area contributed by atoms with Gasteiger partial charge in [0, 0.05) is 39.8 Å². The van der Waals surface area contributed by atoms with Gasteiger partial charge in [-0.25, -0.2) is 4.79 Å². The lowest BCUT2D eigenvalue weighted by molar-refractivity contribution is 0.0918. The number of rotatable bonds is 4. The highest BCUT2D eigenvalue weighted by Crippen LogP contribution is 2.04. The third kappa shape index (κ3) is 4.66. The van der Waals surface area contributed by atoms with Gasteiger partial charge < -0.3 is 24.6 Å². The number of hydrogen-bond donors (Lipinski definition) is 1. The molecule has 104 valence electrons. The second kappa shape index (κ2) is 8.10. The van der Waals surface area contributed by atoms with Crippen LogP contribution in [0.2, 0.25) is 0 Å². The van der Waals surface area contributed by atoms with Crippen molar-refractivity contribution >= 4 is 23.4 Å². The van der Waals surface area contributed by atoms with Gasteiger partial charge in [-0.1, -0.05) is 0 Å². The van der Waals surface area contributed by atoms with Crippen LogP contribution in [-0.4, -0.2) is 74.1 Å². The van der Waals surface area contributed by atoms with Crippen molar-refractivity contribution in [1.29, 1.82) is 0 Å². The second-order valence-electron chi connectivity index (χ2n) is 3.90. The molecule has 0 saturated carbocycles. The van der Waals surface area contributed by atoms with Crippen LogP contribution in [0.25, 0.3) is 0 Å². The molecule has 18 heavy (non-hydrogen) atoms. The van der Waals surface area contributed by atoms with Crippen molar-refractivity contribution in [3.8, 4) is 0 Å². The number of nitrogens with one attached hydrogen (secondary N) is 1. The van der Waals surface area contributed by atoms with E-state index >= 15 is 0 Å². The van der Waals surface area contributed by atoms with Gasteiger partial charge >= 0.3 is 6.09 Å². The molecule has 1 aliphatic heterocycles. The summed E-state index contributed by atoms with van der Waals surface area (Å²) in [7, 11) is 1.66. The molecule has 1 saturated heterocycles. The minimum atomic E-state index is -0.240. The largest absolute Gasteiger partial charge is 0.450 e. The smallest absolute Gasteiger partial charge is 0.409 e. The SMILES string of the molecule is CCOC(=O)N1CCN(C(=S)NCCOC)CC1. The van der Waals surface area contributed by atoms with Crippen molar-refractivity contribution in [1.82, 2.24) is 15.1 Å². The summed E-state index contributed by atoms with van der Waals surface area (Å²) in [6.45, 7) is 6.31. The first-order chi connectivity index (χ1) is 8.69. The Kier molecular flexibility index (Phi) is 6.74. The van der Waals surface area contributed by atoms with Gasteiger partial charge in [-0.05, 0) is 19.1 Å². The van der Waals surface area contributed by atoms with E-state index in [2.05, 4.69) is 10.2 Å². The van der Waals surface area contributed by atoms with E-state index in [9.17, 15) is 4.79 Å². The number of amides is 1. The number of methoxy groups -OCH3 is 1. The van der Waals surface area contributed by atoms with Gasteiger partial charge in [-0.15, -0.1) is 0 Å². The molecule has 1 rings (SSSR count). The Morgan fingerprint density at radius 3 is 2.44 bits per heavy atom. The lowest BCUT2D eigenvalue weighted by Gasteiger charge is -2.35. The van der Waals surface area contributed by atoms with Crippen LogP contribution in [0, 0.1) is 0 Å². The topological polar surface area (TPSA) is 54.0 Å². The van der Waals surface area contributed by atoms with Gasteiger partial charge in [0.2, 0.25) is 0 Å². The first-order valence-corrected chi connectivity index (χ1v) is 6.53. The highest BCUT2D eigenvalue weighted by atomic mass is 32.1. The summed E-state index contributed by atoms with van der Waals surface area (Å²) >= 11 is 5.27. The highest BCUT2D eigenvalue weighted by Gasteiger charge is 2.22. The first kappa shape index (κ1) is 15.0. The quantitative estimate of drug-likeness (QED) is 0.587. The van der Waals surface area contributed by atoms with Crippen LogP contribution >= 0.6 is 12.2 Å². The zero-order chi connectivity index (χ0) is 13.4. The maximum Gasteiger partial charge on any atom is 0.409 e. The Balaban J connectivity index is 2.26. The van der Waals surface area contributed by atoms with E-state index in [-0.39, 0.29) is 6.09 Å². The van der Waals surface area contributed by atoms with E-state index in [1.165, 1.54) is 0 Å². The van der Waals surface area contributed by atoms with E-state index in [0.29, 0.717) is 32.8 Å². The van der Waals surface area contributed by atoms with E-state index in [1.54, 1.807) is 12.0 Å². The van der Waals surface area contributed by atoms with Gasteiger partial charge in [0.25, 0.3) is 0 Å². The summed E-state index contributed by atoms with van der Waals surface area (Å²) in [6, 6.07) is 0. The summed E-state index contributed by atoms with van der Waals surface area (Å²) < 4.78 is 9.90. The highest BCUT2D eigenvalue weighted by molar-refractivity contribution is 7.80. The number of ether oxygens (including phenoxy) is 2. The molecule has 0 aliphatic carbocycles. The van der Waals surface area contributed by atoms with Crippen molar-refractivity contribution in [2.75, 3.05) is 53.0 Å². The first-order valence-electron chi connectivity index (χ1n) is 6.12. The lowest BCUT2D eigenvalue weighted by atomic mass is 10.3. The Hall–Kier alpha value is -1.08. The normalized spacial score (nSPS) is 15.4. The van der Waals surface area contributed by atoms with E-state index in [1.807, 2.05) is 6.92 Å². The minimum absolute atomic E-state index is 0.240. The fraction of sp³-hybridized carbons (Fsp3) is 0.818. The Morgan fingerprint density at radius 1 is 1.28 bits per heavy atom. The molecule has 1 amide bonds. The number of thiocarbonyl (C=S) groups is 1. The lowest BCUT2D eigenvalue weighted by Crippen LogP contribution is -2.53. The predicted octanol–water partition coefficient (Wildman–Crippen LogP) is 0.281. The van der Waals surface area contributed by atoms with Gasteiger partial charge in [-0.2, -0.15) is 0 Å². The van der Waals surface area contributed by atoms with Gasteiger partial charge in [-0.3, -0.25) is 0 Å². The van der Waals surface area contributed by atoms with Crippen molar-refractivity contribution < 1.29 is 14.3 Å². The van der Waals surface area contributed by atoms with Gasteiger partial charge in [0.1, 0.15) is 0 Å². The molecule has 0 spiro atoms. The number of hydrogen-bond acceptors (Lipinski definition) is 4. The molecule has 1 aliphatic rings. The summed E-state index contributed by atoms with van der Waals surface area (Å²) in [5, 5.41) is 3.84. The summed E-state index contributed by atoms with van der Waals surface area (Å²) in [5.41, 5.74) is 0. The average molecular weight is 275 g/mol. The molecular formula is C11H21N3O3S. The molecule has 0 aromatic carbocycles. The van der Waals surface area contributed by atoms with Crippen LogP contribution in [0.15, 0.2) is 0 Å². The fourth-order valence-electron chi connectivity index (χ4n) is 1.68. The van der Waals surface area contributed by atoms with Crippen LogP contribution in [-0.2, 0) is 9.47 Å². The number of nitrogens with zero attached hydrogens (tertiary/aromatic N) is 2. The van der Waals surface area contributed by atoms with Gasteiger partial charge in [0.15, 0.2) is 5.11 Å². The minimum Gasteiger partial charge on any atom is -0.450 e. The van der Waals surface area contributed by atoms with Crippen LogP contribution in [0.3, 0.4) is 0 Å². The zero-order valence-electron chi connectivity index (χ0n) is 11.0. The Morgan fingerprint density at radius 2 is 1.89 bits per heavy atom. The molecular weight excluding hydrogens is 254 g/mol. The average Bonchev–Trinajstić information content (AvgIpc) is 2.39. The fourth-order valence-corrected chi connectivity index (χ4v) is 1.96. The molecule has 0 atom stereocenters. The molecule has 1 fully saturated rings. The zero-order valence-corrected chi connectivity index (χ0v) is 11.8. The molecule has 6 nitrogen and oxygen atoms in total. The molecule has 0 bridgehead atoms. The molecule has 0 unspecified atom stereocenters. The molecule has 0 radical (unpaired) electrons. The monoisotopic (exact) mass is 275 g/mol. The third-order valence-electron chi connectivity index (χ3n) is 2.68. The summed E-state index contributed by atoms with van der Waals surface area (Å²) in [6.07, 6.45) is -0.240. The molecule has 1 heterocycles. The molecule has 0 aromatic heterocycles. The second-order valence-corrected chi connectivity index (χ2v) is 4.28. The number of carbonyl (C=O) groups excluding carboxylic acids is 1. The van der Waals surface area contributed by atoms with Gasteiger partial charge in [0.05, 0.1) is 13.2 Å². The van der Waals surface area contributed by atoms with Crippen molar-refractivity contribution in [3.63, 3.8) is 0 Å². The Labute approximate surface area is 113 Å². The van der Waals surface area contributed by atoms with Crippen molar-refractivity contribution in [3.05, 3.63) is 0 Å². The summed E-state index contributed by atoms with van der Waals surface area (Å²) in [4.78, 5) is 15.3. The van der Waals surface area contributed by atoms with E-state index in [0.717, 1.165) is 18.2 Å². The number of carbonyl (C=O) groups is 1. The number of piperazine rings is 1. The summed E-state index contributed by atoms with van der Waals surface area (Å²) in [5.74, 6) is 0. The Bertz CT molecular complexity index is 281. The maximum atomic E-state index is 11.5. The molecule has 1 N–H and O–H groups in total. The van der Waals surface area contributed by atoms with E-state index < -0.39 is 0 Å². The maximum absolute atomic E-state index is 11.5. The van der Waals surface area contributed by atoms with Crippen molar-refractivity contribution in [2.45, 2.75) is 6.92 Å². The standard InChI is InChI=1S/C11H21N3O3S/c1-3-17-11(15)14-7-5-13(6-8-14)10(18)12-4-9-16-2/h3-9H2,1-2H3,(H,12,18). The molecule has 7 heteroatoms. The van der Waals surface area contributed by atoms with E-state index in [4.69, 9.17) is 21.7 Å². The van der Waals surface area contributed by atoms with Crippen LogP contribution < -0.4 is 5.32 Å². The van der Waals surface area contributed by atoms with Crippen LogP contribution in [0.5, 0.6) is 0 Å². The van der Waals surface area contributed by atoms with Crippen LogP contribution in [0.4, 0.5) is 4.79 Å². The van der Waals surface area contributed by atoms with Crippen molar-refractivity contribution in [2.24, 2.45) is 0 Å². The predicted molar refractivity (Wildman–Crippen MR) is 72.6 cm³/mol. The third-order valence-corrected chi connectivity index (χ3v) is 3.08. The molecule has 0 aromatic rings.